The first-order valence-electron chi connectivity index (χ1n) is 11.1. The zero-order valence-electron chi connectivity index (χ0n) is 18.3. The Balaban J connectivity index is 1.43. The lowest BCUT2D eigenvalue weighted by molar-refractivity contribution is -0.129. The third kappa shape index (κ3) is 4.89. The van der Waals surface area contributed by atoms with E-state index < -0.39 is 23.5 Å². The van der Waals surface area contributed by atoms with Gasteiger partial charge in [-0.2, -0.15) is 18.3 Å². The number of allylic oxidation sites excluding steroid dienone is 6. The number of carbonyl (C=O) groups is 2. The van der Waals surface area contributed by atoms with E-state index >= 15 is 0 Å². The van der Waals surface area contributed by atoms with Crippen LogP contribution in [0.1, 0.15) is 32.6 Å². The molecule has 33 heavy (non-hydrogen) atoms. The topological polar surface area (TPSA) is 65.0 Å². The minimum atomic E-state index is -4.78. The highest BCUT2D eigenvalue weighted by atomic mass is 19.4. The molecule has 1 aliphatic carbocycles. The van der Waals surface area contributed by atoms with Crippen LogP contribution in [0.3, 0.4) is 0 Å². The normalized spacial score (nSPS) is 24.4. The molecule has 0 aromatic rings. The van der Waals surface area contributed by atoms with E-state index in [1.165, 1.54) is 19.1 Å². The number of nitrogens with one attached hydrogen (secondary N) is 1. The van der Waals surface area contributed by atoms with Crippen LogP contribution >= 0.6 is 0 Å². The first kappa shape index (κ1) is 23.3. The van der Waals surface area contributed by atoms with Gasteiger partial charge >= 0.3 is 6.18 Å². The fourth-order valence-corrected chi connectivity index (χ4v) is 4.83. The first-order valence-corrected chi connectivity index (χ1v) is 11.1. The van der Waals surface area contributed by atoms with Crippen molar-refractivity contribution in [3.8, 4) is 0 Å². The number of rotatable bonds is 2. The number of piperidine rings is 1. The van der Waals surface area contributed by atoms with Gasteiger partial charge in [-0.3, -0.25) is 9.59 Å². The van der Waals surface area contributed by atoms with Crippen molar-refractivity contribution in [1.82, 2.24) is 15.2 Å². The third-order valence-electron chi connectivity index (χ3n) is 6.54. The Labute approximate surface area is 189 Å². The molecule has 1 atom stereocenters. The molecule has 1 saturated heterocycles. The highest BCUT2D eigenvalue weighted by Gasteiger charge is 2.42. The number of hydrazone groups is 1. The Kier molecular flexibility index (Phi) is 6.45. The Morgan fingerprint density at radius 1 is 1.15 bits per heavy atom. The molecule has 10 heteroatoms. The van der Waals surface area contributed by atoms with E-state index in [1.54, 1.807) is 9.80 Å². The van der Waals surface area contributed by atoms with Gasteiger partial charge in [0.05, 0.1) is 11.6 Å². The zero-order chi connectivity index (χ0) is 23.8. The number of alkyl halides is 3. The quantitative estimate of drug-likeness (QED) is 0.635. The number of hydrogen-bond acceptors (Lipinski definition) is 4. The van der Waals surface area contributed by atoms with Crippen molar-refractivity contribution < 1.29 is 27.2 Å². The fourth-order valence-electron chi connectivity index (χ4n) is 4.83. The van der Waals surface area contributed by atoms with E-state index in [4.69, 9.17) is 0 Å². The smallest absolute Gasteiger partial charge is 0.340 e. The summed E-state index contributed by atoms with van der Waals surface area (Å²) in [5.41, 5.74) is 2.76. The molecule has 0 aromatic carbocycles. The maximum absolute atomic E-state index is 14.2. The standard InChI is InChI=1S/C23H26F4N4O2/c1-14(32)31-11-8-16-12-17(13-31)28-29-21(16)22(33)30-9-6-15(7-10-30)18-4-2-3-5-19(24)20(18)23(25,26)27/h3-5,12,15,17,28H,2,6-11,13H2,1H3. The van der Waals surface area contributed by atoms with Gasteiger partial charge in [-0.25, -0.2) is 4.39 Å². The van der Waals surface area contributed by atoms with Crippen LogP contribution in [0.15, 0.2) is 52.0 Å². The van der Waals surface area contributed by atoms with Crippen LogP contribution in [0.2, 0.25) is 0 Å². The molecule has 3 aliphatic heterocycles. The van der Waals surface area contributed by atoms with E-state index in [2.05, 4.69) is 10.5 Å². The molecule has 6 nitrogen and oxygen atoms in total. The lowest BCUT2D eigenvalue weighted by Crippen LogP contribution is -2.45. The molecule has 1 unspecified atom stereocenters. The second-order valence-electron chi connectivity index (χ2n) is 8.69. The predicted molar refractivity (Wildman–Crippen MR) is 115 cm³/mol. The van der Waals surface area contributed by atoms with Crippen LogP contribution in [-0.2, 0) is 9.59 Å². The Morgan fingerprint density at radius 3 is 2.55 bits per heavy atom. The fraction of sp³-hybridized carbons (Fsp3) is 0.522. The summed E-state index contributed by atoms with van der Waals surface area (Å²) >= 11 is 0. The number of likely N-dealkylation sites (tertiary alicyclic amines) is 1. The number of hydrogen-bond donors (Lipinski definition) is 1. The summed E-state index contributed by atoms with van der Waals surface area (Å²) in [6.45, 7) is 2.99. The summed E-state index contributed by atoms with van der Waals surface area (Å²) in [5.74, 6) is -2.06. The maximum Gasteiger partial charge on any atom is 0.419 e. The number of fused-ring (bicyclic) bond motifs is 1. The maximum atomic E-state index is 14.2. The number of amides is 2. The van der Waals surface area contributed by atoms with Crippen molar-refractivity contribution in [3.05, 3.63) is 46.9 Å². The molecule has 3 heterocycles. The highest BCUT2D eigenvalue weighted by Crippen LogP contribution is 2.42. The second kappa shape index (κ2) is 9.15. The molecule has 1 N–H and O–H groups in total. The monoisotopic (exact) mass is 466 g/mol. The van der Waals surface area contributed by atoms with E-state index in [0.29, 0.717) is 32.4 Å². The molecule has 4 aliphatic rings. The van der Waals surface area contributed by atoms with Gasteiger partial charge in [0, 0.05) is 33.1 Å². The number of nitrogens with zero attached hydrogens (tertiary/aromatic N) is 3. The van der Waals surface area contributed by atoms with Gasteiger partial charge < -0.3 is 15.2 Å². The number of halogens is 4. The van der Waals surface area contributed by atoms with Crippen molar-refractivity contribution in [1.29, 1.82) is 0 Å². The van der Waals surface area contributed by atoms with Crippen molar-refractivity contribution in [3.63, 3.8) is 0 Å². The summed E-state index contributed by atoms with van der Waals surface area (Å²) in [6, 6.07) is -0.160. The molecule has 2 amide bonds. The average Bonchev–Trinajstić information content (AvgIpc) is 3.07. The van der Waals surface area contributed by atoms with Crippen LogP contribution in [0, 0.1) is 5.92 Å². The molecule has 1 fully saturated rings. The van der Waals surface area contributed by atoms with Crippen molar-refractivity contribution in [2.45, 2.75) is 44.8 Å². The minimum absolute atomic E-state index is 0.0209. The molecule has 2 bridgehead atoms. The van der Waals surface area contributed by atoms with Crippen LogP contribution in [0.5, 0.6) is 0 Å². The van der Waals surface area contributed by atoms with Crippen molar-refractivity contribution in [2.75, 3.05) is 26.2 Å². The lowest BCUT2D eigenvalue weighted by Gasteiger charge is -2.35. The van der Waals surface area contributed by atoms with E-state index in [1.807, 2.05) is 6.08 Å². The molecule has 0 spiro atoms. The second-order valence-corrected chi connectivity index (χ2v) is 8.69. The van der Waals surface area contributed by atoms with Crippen molar-refractivity contribution >= 4 is 17.5 Å². The van der Waals surface area contributed by atoms with E-state index in [-0.39, 0.29) is 48.7 Å². The summed E-state index contributed by atoms with van der Waals surface area (Å²) in [5, 5.41) is 4.26. The molecular weight excluding hydrogens is 440 g/mol. The van der Waals surface area contributed by atoms with Gasteiger partial charge in [0.1, 0.15) is 5.83 Å². The summed E-state index contributed by atoms with van der Waals surface area (Å²) in [7, 11) is 0. The third-order valence-corrected chi connectivity index (χ3v) is 6.54. The summed E-state index contributed by atoms with van der Waals surface area (Å²) in [4.78, 5) is 28.2. The molecule has 4 rings (SSSR count). The molecule has 0 radical (unpaired) electrons. The molecule has 0 saturated carbocycles. The first-order chi connectivity index (χ1) is 15.6. The summed E-state index contributed by atoms with van der Waals surface area (Å²) < 4.78 is 54.9. The van der Waals surface area contributed by atoms with Crippen LogP contribution in [-0.4, -0.2) is 65.7 Å². The van der Waals surface area contributed by atoms with E-state index in [0.717, 1.165) is 11.6 Å². The molecule has 178 valence electrons. The van der Waals surface area contributed by atoms with Gasteiger partial charge in [-0.05, 0) is 48.8 Å². The molecular formula is C23H26F4N4O2. The van der Waals surface area contributed by atoms with Gasteiger partial charge in [-0.1, -0.05) is 18.2 Å². The average molecular weight is 466 g/mol. The van der Waals surface area contributed by atoms with Crippen LogP contribution in [0.4, 0.5) is 17.6 Å². The number of carbonyl (C=O) groups excluding carboxylic acids is 2. The lowest BCUT2D eigenvalue weighted by atomic mass is 9.83. The van der Waals surface area contributed by atoms with Gasteiger partial charge in [0.15, 0.2) is 5.71 Å². The zero-order valence-corrected chi connectivity index (χ0v) is 18.3. The van der Waals surface area contributed by atoms with Crippen molar-refractivity contribution in [2.24, 2.45) is 11.0 Å². The van der Waals surface area contributed by atoms with Crippen LogP contribution < -0.4 is 5.43 Å². The Bertz CT molecular complexity index is 985. The predicted octanol–water partition coefficient (Wildman–Crippen LogP) is 3.40. The highest BCUT2D eigenvalue weighted by molar-refractivity contribution is 6.45. The van der Waals surface area contributed by atoms with Crippen LogP contribution in [0.25, 0.3) is 0 Å². The minimum Gasteiger partial charge on any atom is -0.340 e. The van der Waals surface area contributed by atoms with E-state index in [9.17, 15) is 27.2 Å². The Hall–Kier alpha value is -2.91. The largest absolute Gasteiger partial charge is 0.419 e. The van der Waals surface area contributed by atoms with Gasteiger partial charge in [-0.15, -0.1) is 0 Å². The van der Waals surface area contributed by atoms with Gasteiger partial charge in [0.2, 0.25) is 5.91 Å². The molecule has 0 aromatic heterocycles. The SMILES string of the molecule is CC(=O)N1CCC2=CC(C1)NN=C2C(=O)N1CCC(C2=CCC=CC(F)=C2C(F)(F)F)CC1. The van der Waals surface area contributed by atoms with Gasteiger partial charge in [0.25, 0.3) is 5.91 Å². The Morgan fingerprint density at radius 2 is 1.88 bits per heavy atom. The summed E-state index contributed by atoms with van der Waals surface area (Å²) in [6.07, 6.45) is 2.20.